The van der Waals surface area contributed by atoms with Gasteiger partial charge in [0.25, 0.3) is 5.56 Å². The molecule has 0 radical (unpaired) electrons. The van der Waals surface area contributed by atoms with Gasteiger partial charge in [-0.3, -0.25) is 9.59 Å². The first-order valence-corrected chi connectivity index (χ1v) is 7.15. The van der Waals surface area contributed by atoms with Crippen LogP contribution in [0.3, 0.4) is 0 Å². The molecular weight excluding hydrogens is 288 g/mol. The van der Waals surface area contributed by atoms with Crippen LogP contribution in [-0.2, 0) is 20.8 Å². The highest BCUT2D eigenvalue weighted by Gasteiger charge is 2.36. The van der Waals surface area contributed by atoms with Crippen LogP contribution in [-0.4, -0.2) is 66.1 Å². The number of aliphatic hydroxyl groups is 1. The number of pyridine rings is 1. The molecule has 1 aliphatic heterocycles. The maximum absolute atomic E-state index is 12.3. The number of ether oxygens (including phenoxy) is 2. The topological polar surface area (TPSA) is 81.0 Å². The van der Waals surface area contributed by atoms with E-state index in [9.17, 15) is 14.7 Å². The van der Waals surface area contributed by atoms with E-state index >= 15 is 0 Å². The third-order valence-corrected chi connectivity index (χ3v) is 4.00. The van der Waals surface area contributed by atoms with Crippen molar-refractivity contribution in [2.24, 2.45) is 0 Å². The summed E-state index contributed by atoms with van der Waals surface area (Å²) in [6.45, 7) is 2.29. The minimum absolute atomic E-state index is 0.0729. The monoisotopic (exact) mass is 310 g/mol. The number of hydrogen-bond donors (Lipinski definition) is 1. The van der Waals surface area contributed by atoms with Crippen LogP contribution in [0.25, 0.3) is 0 Å². The summed E-state index contributed by atoms with van der Waals surface area (Å²) in [6, 6.07) is 2.76. The van der Waals surface area contributed by atoms with Gasteiger partial charge in [-0.05, 0) is 18.6 Å². The fourth-order valence-electron chi connectivity index (χ4n) is 2.48. The number of carbonyl (C=O) groups is 1. The molecule has 122 valence electrons. The van der Waals surface area contributed by atoms with Crippen molar-refractivity contribution in [3.05, 3.63) is 34.2 Å². The van der Waals surface area contributed by atoms with Gasteiger partial charge in [-0.2, -0.15) is 0 Å². The molecule has 3 atom stereocenters. The average Bonchev–Trinajstić information content (AvgIpc) is 2.49. The summed E-state index contributed by atoms with van der Waals surface area (Å²) in [5.41, 5.74) is 0.623. The van der Waals surface area contributed by atoms with E-state index < -0.39 is 18.2 Å². The molecule has 1 fully saturated rings. The SMILES string of the molecule is CO[C@@H]1COC[C@@H](N(C)C(=O)Cn2ccc(C)cc2=O)[C@@H]1O. The fraction of sp³-hybridized carbons (Fsp3) is 0.600. The lowest BCUT2D eigenvalue weighted by atomic mass is 10.0. The van der Waals surface area contributed by atoms with E-state index in [1.165, 1.54) is 22.6 Å². The number of nitrogens with zero attached hydrogens (tertiary/aromatic N) is 2. The molecule has 7 nitrogen and oxygen atoms in total. The molecule has 0 aliphatic carbocycles. The van der Waals surface area contributed by atoms with Gasteiger partial charge in [-0.15, -0.1) is 0 Å². The molecule has 1 saturated heterocycles. The second-order valence-electron chi connectivity index (χ2n) is 5.54. The first kappa shape index (κ1) is 16.7. The van der Waals surface area contributed by atoms with Crippen molar-refractivity contribution >= 4 is 5.91 Å². The van der Waals surface area contributed by atoms with Crippen molar-refractivity contribution in [3.63, 3.8) is 0 Å². The quantitative estimate of drug-likeness (QED) is 0.802. The predicted octanol–water partition coefficient (Wildman–Crippen LogP) is -0.610. The Kier molecular flexibility index (Phi) is 5.33. The van der Waals surface area contributed by atoms with Gasteiger partial charge in [0.15, 0.2) is 0 Å². The Morgan fingerprint density at radius 3 is 2.91 bits per heavy atom. The molecule has 0 spiro atoms. The van der Waals surface area contributed by atoms with Crippen molar-refractivity contribution in [2.75, 3.05) is 27.4 Å². The van der Waals surface area contributed by atoms with E-state index in [-0.39, 0.29) is 24.6 Å². The summed E-state index contributed by atoms with van der Waals surface area (Å²) in [5.74, 6) is -0.268. The van der Waals surface area contributed by atoms with Crippen LogP contribution >= 0.6 is 0 Å². The summed E-state index contributed by atoms with van der Waals surface area (Å²) < 4.78 is 11.9. The molecule has 1 aliphatic rings. The molecule has 1 aromatic heterocycles. The average molecular weight is 310 g/mol. The molecule has 7 heteroatoms. The van der Waals surface area contributed by atoms with Crippen molar-refractivity contribution in [1.82, 2.24) is 9.47 Å². The zero-order chi connectivity index (χ0) is 16.3. The number of aryl methyl sites for hydroxylation is 1. The number of amides is 1. The molecule has 2 heterocycles. The Morgan fingerprint density at radius 2 is 2.27 bits per heavy atom. The Morgan fingerprint density at radius 1 is 1.55 bits per heavy atom. The number of aliphatic hydroxyl groups excluding tert-OH is 1. The molecule has 1 amide bonds. The van der Waals surface area contributed by atoms with Crippen LogP contribution in [0.2, 0.25) is 0 Å². The van der Waals surface area contributed by atoms with Gasteiger partial charge < -0.3 is 24.0 Å². The molecule has 22 heavy (non-hydrogen) atoms. The molecular formula is C15H22N2O5. The van der Waals surface area contributed by atoms with E-state index in [0.717, 1.165) is 5.56 Å². The van der Waals surface area contributed by atoms with E-state index in [0.29, 0.717) is 6.61 Å². The number of carbonyl (C=O) groups excluding carboxylic acids is 1. The van der Waals surface area contributed by atoms with Crippen LogP contribution in [0, 0.1) is 6.92 Å². The molecule has 2 rings (SSSR count). The summed E-state index contributed by atoms with van der Waals surface area (Å²) in [4.78, 5) is 25.6. The highest BCUT2D eigenvalue weighted by Crippen LogP contribution is 2.16. The predicted molar refractivity (Wildman–Crippen MR) is 79.6 cm³/mol. The summed E-state index contributed by atoms with van der Waals surface area (Å²) in [7, 11) is 3.09. The maximum Gasteiger partial charge on any atom is 0.251 e. The first-order valence-electron chi connectivity index (χ1n) is 7.15. The van der Waals surface area contributed by atoms with Gasteiger partial charge in [0, 0.05) is 26.4 Å². The van der Waals surface area contributed by atoms with Crippen molar-refractivity contribution < 1.29 is 19.4 Å². The highest BCUT2D eigenvalue weighted by molar-refractivity contribution is 5.76. The smallest absolute Gasteiger partial charge is 0.251 e. The molecule has 0 aromatic carbocycles. The van der Waals surface area contributed by atoms with Crippen molar-refractivity contribution in [3.8, 4) is 0 Å². The number of likely N-dealkylation sites (N-methyl/N-ethyl adjacent to an activating group) is 1. The maximum atomic E-state index is 12.3. The minimum Gasteiger partial charge on any atom is -0.388 e. The Hall–Kier alpha value is -1.70. The third kappa shape index (κ3) is 3.55. The lowest BCUT2D eigenvalue weighted by Gasteiger charge is -2.38. The van der Waals surface area contributed by atoms with Gasteiger partial charge in [0.1, 0.15) is 18.8 Å². The zero-order valence-electron chi connectivity index (χ0n) is 13.1. The molecule has 0 bridgehead atoms. The largest absolute Gasteiger partial charge is 0.388 e. The Labute approximate surface area is 129 Å². The van der Waals surface area contributed by atoms with Crippen LogP contribution in [0.4, 0.5) is 0 Å². The fourth-order valence-corrected chi connectivity index (χ4v) is 2.48. The van der Waals surface area contributed by atoms with E-state index in [1.54, 1.807) is 19.3 Å². The first-order chi connectivity index (χ1) is 10.4. The standard InChI is InChI=1S/C15H22N2O5/c1-10-4-5-17(13(18)6-10)7-14(19)16(2)11-8-22-9-12(21-3)15(11)20/h4-6,11-12,15,20H,7-9H2,1-3H3/t11-,12-,15+/m1/s1. The van der Waals surface area contributed by atoms with Gasteiger partial charge in [0.2, 0.25) is 5.91 Å². The number of methoxy groups -OCH3 is 1. The Bertz CT molecular complexity index is 586. The summed E-state index contributed by atoms with van der Waals surface area (Å²) >= 11 is 0. The molecule has 1 N–H and O–H groups in total. The van der Waals surface area contributed by atoms with Gasteiger partial charge >= 0.3 is 0 Å². The normalized spacial score (nSPS) is 25.0. The zero-order valence-corrected chi connectivity index (χ0v) is 13.1. The minimum atomic E-state index is -0.817. The lowest BCUT2D eigenvalue weighted by Crippen LogP contribution is -2.57. The van der Waals surface area contributed by atoms with E-state index in [2.05, 4.69) is 0 Å². The van der Waals surface area contributed by atoms with E-state index in [1.807, 2.05) is 6.92 Å². The van der Waals surface area contributed by atoms with Crippen molar-refractivity contribution in [1.29, 1.82) is 0 Å². The van der Waals surface area contributed by atoms with Gasteiger partial charge in [-0.1, -0.05) is 0 Å². The summed E-state index contributed by atoms with van der Waals surface area (Å²) in [6.07, 6.45) is 0.313. The van der Waals surface area contributed by atoms with E-state index in [4.69, 9.17) is 9.47 Å². The Balaban J connectivity index is 2.07. The van der Waals surface area contributed by atoms with Crippen molar-refractivity contribution in [2.45, 2.75) is 31.7 Å². The van der Waals surface area contributed by atoms with Gasteiger partial charge in [-0.25, -0.2) is 0 Å². The number of rotatable bonds is 4. The van der Waals surface area contributed by atoms with Crippen LogP contribution in [0.1, 0.15) is 5.56 Å². The highest BCUT2D eigenvalue weighted by atomic mass is 16.5. The van der Waals surface area contributed by atoms with Gasteiger partial charge in [0.05, 0.1) is 19.3 Å². The number of hydrogen-bond acceptors (Lipinski definition) is 5. The molecule has 1 aromatic rings. The number of aromatic nitrogens is 1. The third-order valence-electron chi connectivity index (χ3n) is 4.00. The van der Waals surface area contributed by atoms with Crippen LogP contribution in [0.5, 0.6) is 0 Å². The molecule has 0 saturated carbocycles. The summed E-state index contributed by atoms with van der Waals surface area (Å²) in [5, 5.41) is 10.2. The van der Waals surface area contributed by atoms with Crippen LogP contribution in [0.15, 0.2) is 23.1 Å². The van der Waals surface area contributed by atoms with Crippen LogP contribution < -0.4 is 5.56 Å². The second-order valence-corrected chi connectivity index (χ2v) is 5.54. The molecule has 0 unspecified atom stereocenters. The lowest BCUT2D eigenvalue weighted by molar-refractivity contribution is -0.158. The second kappa shape index (κ2) is 7.04.